The van der Waals surface area contributed by atoms with Gasteiger partial charge in [-0.3, -0.25) is 9.59 Å². The summed E-state index contributed by atoms with van der Waals surface area (Å²) in [6, 6.07) is 11.1. The number of ketones is 1. The lowest BCUT2D eigenvalue weighted by atomic mass is 9.96. The quantitative estimate of drug-likeness (QED) is 0.614. The van der Waals surface area contributed by atoms with Crippen LogP contribution in [0, 0.1) is 0 Å². The molecule has 0 spiro atoms. The van der Waals surface area contributed by atoms with Gasteiger partial charge in [-0.15, -0.1) is 0 Å². The number of benzene rings is 2. The molecule has 2 aromatic rings. The zero-order valence-corrected chi connectivity index (χ0v) is 15.9. The first-order chi connectivity index (χ1) is 13.0. The van der Waals surface area contributed by atoms with Gasteiger partial charge in [-0.1, -0.05) is 36.9 Å². The number of carbonyl (C=O) groups is 2. The van der Waals surface area contributed by atoms with Crippen LogP contribution in [0.3, 0.4) is 0 Å². The second kappa shape index (κ2) is 9.05. The molecule has 0 saturated carbocycles. The Labute approximate surface area is 164 Å². The largest absolute Gasteiger partial charge is 0.488 e. The van der Waals surface area contributed by atoms with Crippen molar-refractivity contribution in [1.29, 1.82) is 0 Å². The van der Waals surface area contributed by atoms with Gasteiger partial charge >= 0.3 is 5.97 Å². The first-order valence-corrected chi connectivity index (χ1v) is 9.73. The van der Waals surface area contributed by atoms with E-state index in [1.54, 1.807) is 18.2 Å². The zero-order valence-electron chi connectivity index (χ0n) is 15.2. The lowest BCUT2D eigenvalue weighted by Crippen LogP contribution is -2.03. The van der Waals surface area contributed by atoms with Crippen molar-refractivity contribution in [2.75, 3.05) is 0 Å². The Morgan fingerprint density at radius 2 is 1.78 bits per heavy atom. The Bertz CT molecular complexity index is 844. The van der Waals surface area contributed by atoms with Crippen LogP contribution >= 0.6 is 11.6 Å². The second-order valence-corrected chi connectivity index (χ2v) is 7.35. The normalized spacial score (nSPS) is 12.7. The number of hydrogen-bond donors (Lipinski definition) is 1. The molecular weight excluding hydrogens is 364 g/mol. The minimum Gasteiger partial charge on any atom is -0.488 e. The van der Waals surface area contributed by atoms with Gasteiger partial charge in [0.15, 0.2) is 5.78 Å². The van der Waals surface area contributed by atoms with Gasteiger partial charge in [-0.25, -0.2) is 0 Å². The van der Waals surface area contributed by atoms with Crippen LogP contribution in [-0.2, 0) is 17.8 Å². The van der Waals surface area contributed by atoms with E-state index in [2.05, 4.69) is 0 Å². The minimum absolute atomic E-state index is 0.0234. The number of rotatable bonds is 8. The Balaban J connectivity index is 1.60. The maximum Gasteiger partial charge on any atom is 0.303 e. The van der Waals surface area contributed by atoms with Gasteiger partial charge in [-0.2, -0.15) is 0 Å². The van der Waals surface area contributed by atoms with Crippen LogP contribution in [0.15, 0.2) is 36.4 Å². The van der Waals surface area contributed by atoms with E-state index in [9.17, 15) is 9.59 Å². The maximum absolute atomic E-state index is 12.9. The summed E-state index contributed by atoms with van der Waals surface area (Å²) in [4.78, 5) is 23.4. The highest BCUT2D eigenvalue weighted by Crippen LogP contribution is 2.31. The SMILES string of the molecule is O=C(O)CCCCCCCc1ccc2c(c1)C(=O)c1ccc(Cl)cc1CO2. The molecule has 0 fully saturated rings. The summed E-state index contributed by atoms with van der Waals surface area (Å²) in [5.74, 6) is -0.134. The molecule has 5 heteroatoms. The van der Waals surface area contributed by atoms with Crippen molar-refractivity contribution in [3.05, 3.63) is 63.7 Å². The molecule has 0 aliphatic carbocycles. The third kappa shape index (κ3) is 5.10. The summed E-state index contributed by atoms with van der Waals surface area (Å²) >= 11 is 6.04. The molecule has 1 aliphatic heterocycles. The highest BCUT2D eigenvalue weighted by atomic mass is 35.5. The van der Waals surface area contributed by atoms with Crippen molar-refractivity contribution < 1.29 is 19.4 Å². The fraction of sp³-hybridized carbons (Fsp3) is 0.364. The van der Waals surface area contributed by atoms with Crippen molar-refractivity contribution in [1.82, 2.24) is 0 Å². The summed E-state index contributed by atoms with van der Waals surface area (Å²) in [5.41, 5.74) is 3.18. The number of aryl methyl sites for hydroxylation is 1. The van der Waals surface area contributed by atoms with E-state index in [1.807, 2.05) is 18.2 Å². The molecule has 0 aromatic heterocycles. The number of carboxylic acid groups (broad SMARTS) is 1. The molecule has 4 nitrogen and oxygen atoms in total. The summed E-state index contributed by atoms with van der Waals surface area (Å²) in [7, 11) is 0. The maximum atomic E-state index is 12.9. The van der Waals surface area contributed by atoms with Crippen molar-refractivity contribution in [2.24, 2.45) is 0 Å². The fourth-order valence-electron chi connectivity index (χ4n) is 3.38. The second-order valence-electron chi connectivity index (χ2n) is 6.91. The van der Waals surface area contributed by atoms with Crippen LogP contribution in [0.25, 0.3) is 0 Å². The number of halogens is 1. The first-order valence-electron chi connectivity index (χ1n) is 9.35. The summed E-state index contributed by atoms with van der Waals surface area (Å²) in [6.07, 6.45) is 5.95. The van der Waals surface area contributed by atoms with Gasteiger partial charge in [0.25, 0.3) is 0 Å². The van der Waals surface area contributed by atoms with Crippen LogP contribution in [-0.4, -0.2) is 16.9 Å². The lowest BCUT2D eigenvalue weighted by Gasteiger charge is -2.09. The molecule has 0 unspecified atom stereocenters. The Morgan fingerprint density at radius 3 is 2.59 bits per heavy atom. The van der Waals surface area contributed by atoms with Crippen molar-refractivity contribution in [3.8, 4) is 5.75 Å². The molecule has 142 valence electrons. The minimum atomic E-state index is -0.726. The first kappa shape index (κ1) is 19.4. The zero-order chi connectivity index (χ0) is 19.2. The van der Waals surface area contributed by atoms with Gasteiger partial charge in [0, 0.05) is 22.6 Å². The number of aliphatic carboxylic acids is 1. The standard InChI is InChI=1S/C22H23ClO4/c23-17-9-10-18-16(13-17)14-27-20-11-8-15(12-19(20)22(18)26)6-4-2-1-3-5-7-21(24)25/h8-13H,1-7,14H2,(H,24,25). The Kier molecular flexibility index (Phi) is 6.51. The van der Waals surface area contributed by atoms with E-state index in [4.69, 9.17) is 21.4 Å². The highest BCUT2D eigenvalue weighted by molar-refractivity contribution is 6.30. The van der Waals surface area contributed by atoms with E-state index in [1.165, 1.54) is 0 Å². The number of carbonyl (C=O) groups excluding carboxylic acids is 1. The molecule has 27 heavy (non-hydrogen) atoms. The third-order valence-electron chi connectivity index (χ3n) is 4.84. The summed E-state index contributed by atoms with van der Waals surface area (Å²) in [5, 5.41) is 9.23. The predicted octanol–water partition coefficient (Wildman–Crippen LogP) is 5.43. The molecule has 3 rings (SSSR count). The monoisotopic (exact) mass is 386 g/mol. The molecule has 1 aliphatic rings. The van der Waals surface area contributed by atoms with Crippen LogP contribution in [0.2, 0.25) is 5.02 Å². The van der Waals surface area contributed by atoms with Crippen molar-refractivity contribution in [3.63, 3.8) is 0 Å². The molecule has 0 atom stereocenters. The number of fused-ring (bicyclic) bond motifs is 2. The average molecular weight is 387 g/mol. The fourth-order valence-corrected chi connectivity index (χ4v) is 3.57. The number of unbranched alkanes of at least 4 members (excludes halogenated alkanes) is 4. The molecule has 1 heterocycles. The number of hydrogen-bond acceptors (Lipinski definition) is 3. The van der Waals surface area contributed by atoms with Crippen LogP contribution < -0.4 is 4.74 Å². The smallest absolute Gasteiger partial charge is 0.303 e. The Hall–Kier alpha value is -2.33. The van der Waals surface area contributed by atoms with Crippen molar-refractivity contribution >= 4 is 23.4 Å². The van der Waals surface area contributed by atoms with Crippen molar-refractivity contribution in [2.45, 2.75) is 51.6 Å². The molecule has 1 N–H and O–H groups in total. The summed E-state index contributed by atoms with van der Waals surface area (Å²) in [6.45, 7) is 0.338. The highest BCUT2D eigenvalue weighted by Gasteiger charge is 2.22. The van der Waals surface area contributed by atoms with Crippen LogP contribution in [0.4, 0.5) is 0 Å². The van der Waals surface area contributed by atoms with Gasteiger partial charge in [0.2, 0.25) is 0 Å². The van der Waals surface area contributed by atoms with Crippen LogP contribution in [0.1, 0.15) is 65.6 Å². The molecule has 0 saturated heterocycles. The third-order valence-corrected chi connectivity index (χ3v) is 5.07. The molecule has 0 amide bonds. The van der Waals surface area contributed by atoms with E-state index >= 15 is 0 Å². The molecule has 0 radical (unpaired) electrons. The lowest BCUT2D eigenvalue weighted by molar-refractivity contribution is -0.137. The molecule has 2 aromatic carbocycles. The van der Waals surface area contributed by atoms with Gasteiger partial charge < -0.3 is 9.84 Å². The Morgan fingerprint density at radius 1 is 1.00 bits per heavy atom. The topological polar surface area (TPSA) is 63.6 Å². The predicted molar refractivity (Wildman–Crippen MR) is 105 cm³/mol. The average Bonchev–Trinajstić information content (AvgIpc) is 2.77. The van der Waals surface area contributed by atoms with E-state index in [0.29, 0.717) is 28.5 Å². The van der Waals surface area contributed by atoms with Gasteiger partial charge in [-0.05, 0) is 55.2 Å². The number of carboxylic acids is 1. The molecular formula is C22H23ClO4. The summed E-state index contributed by atoms with van der Waals surface area (Å²) < 4.78 is 5.82. The molecule has 0 bridgehead atoms. The van der Waals surface area contributed by atoms with Crippen LogP contribution in [0.5, 0.6) is 5.75 Å². The van der Waals surface area contributed by atoms with Gasteiger partial charge in [0.05, 0.1) is 5.56 Å². The van der Waals surface area contributed by atoms with E-state index < -0.39 is 5.97 Å². The van der Waals surface area contributed by atoms with E-state index in [0.717, 1.165) is 49.7 Å². The van der Waals surface area contributed by atoms with E-state index in [-0.39, 0.29) is 12.2 Å². The van der Waals surface area contributed by atoms with Gasteiger partial charge in [0.1, 0.15) is 12.4 Å². The number of ether oxygens (including phenoxy) is 1.